The van der Waals surface area contributed by atoms with Crippen molar-refractivity contribution >= 4 is 11.7 Å². The smallest absolute Gasteiger partial charge is 0.328 e. The summed E-state index contributed by atoms with van der Waals surface area (Å²) in [5.41, 5.74) is 0.984. The van der Waals surface area contributed by atoms with Crippen LogP contribution in [0.4, 0.5) is 5.69 Å². The molecule has 17 heavy (non-hydrogen) atoms. The van der Waals surface area contributed by atoms with Gasteiger partial charge in [0.15, 0.2) is 0 Å². The molecule has 0 heterocycles. The van der Waals surface area contributed by atoms with Crippen LogP contribution < -0.4 is 4.90 Å². The van der Waals surface area contributed by atoms with Crippen LogP contribution in [0, 0.1) is 11.3 Å². The summed E-state index contributed by atoms with van der Waals surface area (Å²) in [5, 5.41) is 17.1. The van der Waals surface area contributed by atoms with Crippen molar-refractivity contribution in [2.75, 3.05) is 18.0 Å². The van der Waals surface area contributed by atoms with Gasteiger partial charge in [-0.2, -0.15) is 5.26 Å². The summed E-state index contributed by atoms with van der Waals surface area (Å²) in [6, 6.07) is 11.7. The van der Waals surface area contributed by atoms with Crippen molar-refractivity contribution in [2.24, 2.45) is 0 Å². The van der Waals surface area contributed by atoms with Crippen LogP contribution in [-0.2, 0) is 4.79 Å². The van der Waals surface area contributed by atoms with E-state index in [2.05, 4.69) is 6.07 Å². The van der Waals surface area contributed by atoms with Crippen molar-refractivity contribution in [3.8, 4) is 6.07 Å². The number of carbonyl (C=O) groups is 1. The second kappa shape index (κ2) is 7.07. The largest absolute Gasteiger partial charge is 0.478 e. The van der Waals surface area contributed by atoms with E-state index in [1.165, 1.54) is 0 Å². The van der Waals surface area contributed by atoms with Crippen molar-refractivity contribution in [3.05, 3.63) is 42.5 Å². The molecule has 0 aromatic heterocycles. The number of rotatable bonds is 6. The fourth-order valence-corrected chi connectivity index (χ4v) is 1.43. The Morgan fingerprint density at radius 3 is 2.71 bits per heavy atom. The quantitative estimate of drug-likeness (QED) is 0.759. The van der Waals surface area contributed by atoms with Gasteiger partial charge in [-0.1, -0.05) is 24.3 Å². The molecule has 0 atom stereocenters. The SMILES string of the molecule is N#CCCN(C/C=C/C(=O)O)c1ccccc1. The molecule has 1 rings (SSSR count). The normalized spacial score (nSPS) is 10.1. The number of nitrogens with zero attached hydrogens (tertiary/aromatic N) is 2. The summed E-state index contributed by atoms with van der Waals surface area (Å²) in [4.78, 5) is 12.3. The minimum absolute atomic E-state index is 0.413. The van der Waals surface area contributed by atoms with Crippen LogP contribution in [0.2, 0.25) is 0 Å². The maximum atomic E-state index is 10.4. The van der Waals surface area contributed by atoms with Crippen LogP contribution in [0.1, 0.15) is 6.42 Å². The Bertz CT molecular complexity index is 421. The molecule has 1 N–H and O–H groups in total. The van der Waals surface area contributed by atoms with Gasteiger partial charge in [-0.15, -0.1) is 0 Å². The molecule has 0 aliphatic rings. The Balaban J connectivity index is 2.68. The lowest BCUT2D eigenvalue weighted by Gasteiger charge is -2.21. The maximum absolute atomic E-state index is 10.4. The first-order chi connectivity index (χ1) is 8.24. The van der Waals surface area contributed by atoms with Gasteiger partial charge >= 0.3 is 5.97 Å². The predicted octanol–water partition coefficient (Wildman–Crippen LogP) is 2.05. The molecule has 0 bridgehead atoms. The molecule has 0 aliphatic carbocycles. The van der Waals surface area contributed by atoms with E-state index in [1.54, 1.807) is 6.08 Å². The zero-order valence-electron chi connectivity index (χ0n) is 9.41. The number of anilines is 1. The number of carboxylic acid groups (broad SMARTS) is 1. The molecule has 0 unspecified atom stereocenters. The van der Waals surface area contributed by atoms with Crippen molar-refractivity contribution in [3.63, 3.8) is 0 Å². The lowest BCUT2D eigenvalue weighted by Crippen LogP contribution is -2.24. The second-order valence-electron chi connectivity index (χ2n) is 3.43. The zero-order chi connectivity index (χ0) is 12.5. The van der Waals surface area contributed by atoms with Crippen molar-refractivity contribution < 1.29 is 9.90 Å². The highest BCUT2D eigenvalue weighted by atomic mass is 16.4. The molecule has 4 heteroatoms. The molecule has 88 valence electrons. The molecule has 0 saturated carbocycles. The average molecular weight is 230 g/mol. The molecule has 0 fully saturated rings. The number of carboxylic acids is 1. The summed E-state index contributed by atoms with van der Waals surface area (Å²) in [6.07, 6.45) is 3.10. The Hall–Kier alpha value is -2.28. The van der Waals surface area contributed by atoms with E-state index in [0.29, 0.717) is 19.5 Å². The first-order valence-corrected chi connectivity index (χ1v) is 5.30. The summed E-state index contributed by atoms with van der Waals surface area (Å²) in [6.45, 7) is 1.07. The highest BCUT2D eigenvalue weighted by Crippen LogP contribution is 2.13. The van der Waals surface area contributed by atoms with Crippen LogP contribution in [0.3, 0.4) is 0 Å². The van der Waals surface area contributed by atoms with E-state index in [1.807, 2.05) is 35.2 Å². The third-order valence-electron chi connectivity index (χ3n) is 2.20. The van der Waals surface area contributed by atoms with Gasteiger partial charge in [-0.05, 0) is 12.1 Å². The van der Waals surface area contributed by atoms with Crippen LogP contribution in [0.15, 0.2) is 42.5 Å². The fraction of sp³-hybridized carbons (Fsp3) is 0.231. The average Bonchev–Trinajstić information content (AvgIpc) is 2.34. The first kappa shape index (κ1) is 12.8. The summed E-state index contributed by atoms with van der Waals surface area (Å²) in [5.74, 6) is -0.960. The van der Waals surface area contributed by atoms with Crippen LogP contribution in [0.25, 0.3) is 0 Å². The van der Waals surface area contributed by atoms with Crippen molar-refractivity contribution in [1.82, 2.24) is 0 Å². The maximum Gasteiger partial charge on any atom is 0.328 e. The Kier molecular flexibility index (Phi) is 5.32. The third kappa shape index (κ3) is 4.85. The molecule has 0 amide bonds. The molecule has 1 aromatic carbocycles. The molecule has 0 aliphatic heterocycles. The molecule has 0 radical (unpaired) electrons. The fourth-order valence-electron chi connectivity index (χ4n) is 1.43. The first-order valence-electron chi connectivity index (χ1n) is 5.30. The van der Waals surface area contributed by atoms with Gasteiger partial charge < -0.3 is 10.0 Å². The minimum Gasteiger partial charge on any atom is -0.478 e. The van der Waals surface area contributed by atoms with E-state index >= 15 is 0 Å². The van der Waals surface area contributed by atoms with E-state index in [9.17, 15) is 4.79 Å². The molecule has 1 aromatic rings. The van der Waals surface area contributed by atoms with Gasteiger partial charge in [0, 0.05) is 24.9 Å². The van der Waals surface area contributed by atoms with E-state index in [-0.39, 0.29) is 0 Å². The molecular weight excluding hydrogens is 216 g/mol. The number of benzene rings is 1. The standard InChI is InChI=1S/C13H14N2O2/c14-9-5-11-15(10-4-8-13(16)17)12-6-2-1-3-7-12/h1-4,6-8H,5,10-11H2,(H,16,17)/b8-4+. The summed E-state index contributed by atoms with van der Waals surface area (Å²) < 4.78 is 0. The minimum atomic E-state index is -0.960. The molecule has 0 saturated heterocycles. The lowest BCUT2D eigenvalue weighted by atomic mass is 10.2. The number of para-hydroxylation sites is 1. The number of nitriles is 1. The Labute approximate surface area is 100 Å². The van der Waals surface area contributed by atoms with Gasteiger partial charge in [-0.25, -0.2) is 4.79 Å². The highest BCUT2D eigenvalue weighted by molar-refractivity contribution is 5.79. The van der Waals surface area contributed by atoms with Gasteiger partial charge in [0.1, 0.15) is 0 Å². The van der Waals surface area contributed by atoms with Gasteiger partial charge in [-0.3, -0.25) is 0 Å². The van der Waals surface area contributed by atoms with E-state index < -0.39 is 5.97 Å². The number of hydrogen-bond donors (Lipinski definition) is 1. The molecule has 4 nitrogen and oxygen atoms in total. The molecule has 0 spiro atoms. The van der Waals surface area contributed by atoms with Crippen molar-refractivity contribution in [2.45, 2.75) is 6.42 Å². The van der Waals surface area contributed by atoms with Crippen molar-refractivity contribution in [1.29, 1.82) is 5.26 Å². The van der Waals surface area contributed by atoms with Gasteiger partial charge in [0.05, 0.1) is 12.5 Å². The predicted molar refractivity (Wildman–Crippen MR) is 65.7 cm³/mol. The van der Waals surface area contributed by atoms with Crippen LogP contribution in [0.5, 0.6) is 0 Å². The van der Waals surface area contributed by atoms with E-state index in [0.717, 1.165) is 11.8 Å². The van der Waals surface area contributed by atoms with Gasteiger partial charge in [0.25, 0.3) is 0 Å². The topological polar surface area (TPSA) is 64.3 Å². The summed E-state index contributed by atoms with van der Waals surface area (Å²) in [7, 11) is 0. The highest BCUT2D eigenvalue weighted by Gasteiger charge is 2.03. The second-order valence-corrected chi connectivity index (χ2v) is 3.43. The van der Waals surface area contributed by atoms with Crippen LogP contribution in [-0.4, -0.2) is 24.2 Å². The third-order valence-corrected chi connectivity index (χ3v) is 2.20. The number of aliphatic carboxylic acids is 1. The molecular formula is C13H14N2O2. The zero-order valence-corrected chi connectivity index (χ0v) is 9.41. The number of hydrogen-bond acceptors (Lipinski definition) is 3. The Morgan fingerprint density at radius 1 is 1.41 bits per heavy atom. The van der Waals surface area contributed by atoms with Gasteiger partial charge in [0.2, 0.25) is 0 Å². The van der Waals surface area contributed by atoms with Crippen LogP contribution >= 0.6 is 0 Å². The summed E-state index contributed by atoms with van der Waals surface area (Å²) >= 11 is 0. The Morgan fingerprint density at radius 2 is 2.12 bits per heavy atom. The monoisotopic (exact) mass is 230 g/mol. The lowest BCUT2D eigenvalue weighted by molar-refractivity contribution is -0.131. The van der Waals surface area contributed by atoms with E-state index in [4.69, 9.17) is 10.4 Å².